The molecule has 4 nitrogen and oxygen atoms in total. The van der Waals surface area contributed by atoms with Crippen molar-refractivity contribution in [2.24, 2.45) is 0 Å². The molecular formula is C19H23N3O. The van der Waals surface area contributed by atoms with Gasteiger partial charge >= 0.3 is 0 Å². The van der Waals surface area contributed by atoms with E-state index in [4.69, 9.17) is 0 Å². The van der Waals surface area contributed by atoms with Crippen LogP contribution in [0, 0.1) is 6.92 Å². The molecule has 0 aliphatic heterocycles. The van der Waals surface area contributed by atoms with Gasteiger partial charge in [-0.05, 0) is 43.5 Å². The number of hydrogen-bond acceptors (Lipinski definition) is 3. The van der Waals surface area contributed by atoms with E-state index in [1.54, 1.807) is 6.20 Å². The molecule has 1 heterocycles. The van der Waals surface area contributed by atoms with Gasteiger partial charge in [0.15, 0.2) is 0 Å². The van der Waals surface area contributed by atoms with Crippen molar-refractivity contribution in [3.63, 3.8) is 0 Å². The Morgan fingerprint density at radius 3 is 2.57 bits per heavy atom. The Balaban J connectivity index is 1.62. The summed E-state index contributed by atoms with van der Waals surface area (Å²) >= 11 is 0. The molecule has 1 aromatic carbocycles. The molecule has 4 heteroatoms. The van der Waals surface area contributed by atoms with E-state index in [1.165, 1.54) is 19.3 Å². The van der Waals surface area contributed by atoms with Crippen LogP contribution in [-0.4, -0.2) is 16.9 Å². The SMILES string of the molecule is Cc1ccccc1Nc1ccc(C(=O)NC2CCCCC2)cn1. The molecule has 2 N–H and O–H groups in total. The van der Waals surface area contributed by atoms with Crippen molar-refractivity contribution in [3.8, 4) is 0 Å². The van der Waals surface area contributed by atoms with E-state index < -0.39 is 0 Å². The number of benzene rings is 1. The number of carbonyl (C=O) groups excluding carboxylic acids is 1. The standard InChI is InChI=1S/C19H23N3O/c1-14-7-5-6-10-17(14)22-18-12-11-15(13-20-18)19(23)21-16-8-3-2-4-9-16/h5-7,10-13,16H,2-4,8-9H2,1H3,(H,20,22)(H,21,23). The Bertz CT molecular complexity index is 661. The van der Waals surface area contributed by atoms with Gasteiger partial charge in [-0.25, -0.2) is 4.98 Å². The lowest BCUT2D eigenvalue weighted by Crippen LogP contribution is -2.36. The third-order valence-corrected chi connectivity index (χ3v) is 4.37. The van der Waals surface area contributed by atoms with Gasteiger partial charge in [-0.2, -0.15) is 0 Å². The lowest BCUT2D eigenvalue weighted by molar-refractivity contribution is 0.0927. The number of amides is 1. The molecule has 1 aliphatic carbocycles. The highest BCUT2D eigenvalue weighted by Gasteiger charge is 2.16. The first-order valence-corrected chi connectivity index (χ1v) is 8.32. The number of anilines is 2. The Labute approximate surface area is 137 Å². The van der Waals surface area contributed by atoms with Gasteiger partial charge < -0.3 is 10.6 Å². The van der Waals surface area contributed by atoms with Crippen LogP contribution in [0.5, 0.6) is 0 Å². The highest BCUT2D eigenvalue weighted by Crippen LogP contribution is 2.20. The molecule has 120 valence electrons. The van der Waals surface area contributed by atoms with Crippen LogP contribution in [0.25, 0.3) is 0 Å². The van der Waals surface area contributed by atoms with E-state index in [2.05, 4.69) is 15.6 Å². The number of nitrogens with zero attached hydrogens (tertiary/aromatic N) is 1. The molecular weight excluding hydrogens is 286 g/mol. The molecule has 1 amide bonds. The highest BCUT2D eigenvalue weighted by atomic mass is 16.1. The van der Waals surface area contributed by atoms with Crippen LogP contribution < -0.4 is 10.6 Å². The van der Waals surface area contributed by atoms with Gasteiger partial charge in [-0.15, -0.1) is 0 Å². The van der Waals surface area contributed by atoms with Crippen LogP contribution in [0.3, 0.4) is 0 Å². The summed E-state index contributed by atoms with van der Waals surface area (Å²) in [6.45, 7) is 2.05. The van der Waals surface area contributed by atoms with Crippen molar-refractivity contribution in [2.45, 2.75) is 45.1 Å². The number of aryl methyl sites for hydroxylation is 1. The second-order valence-electron chi connectivity index (χ2n) is 6.18. The van der Waals surface area contributed by atoms with Gasteiger partial charge in [-0.1, -0.05) is 37.5 Å². The maximum absolute atomic E-state index is 12.3. The average molecular weight is 309 g/mol. The number of para-hydroxylation sites is 1. The molecule has 1 saturated carbocycles. The van der Waals surface area contributed by atoms with E-state index in [0.29, 0.717) is 11.6 Å². The third-order valence-electron chi connectivity index (χ3n) is 4.37. The number of rotatable bonds is 4. The predicted molar refractivity (Wildman–Crippen MR) is 93.0 cm³/mol. The number of hydrogen-bond donors (Lipinski definition) is 2. The number of nitrogens with one attached hydrogen (secondary N) is 2. The fraction of sp³-hybridized carbons (Fsp3) is 0.368. The maximum atomic E-state index is 12.3. The third kappa shape index (κ3) is 4.09. The average Bonchev–Trinajstić information content (AvgIpc) is 2.58. The van der Waals surface area contributed by atoms with Crippen molar-refractivity contribution in [1.29, 1.82) is 0 Å². The summed E-state index contributed by atoms with van der Waals surface area (Å²) in [6.07, 6.45) is 7.52. The van der Waals surface area contributed by atoms with Crippen LogP contribution in [0.4, 0.5) is 11.5 Å². The van der Waals surface area contributed by atoms with Crippen LogP contribution in [0.2, 0.25) is 0 Å². The van der Waals surface area contributed by atoms with E-state index in [9.17, 15) is 4.79 Å². The molecule has 2 aromatic rings. The Hall–Kier alpha value is -2.36. The van der Waals surface area contributed by atoms with Gasteiger partial charge in [0, 0.05) is 17.9 Å². The summed E-state index contributed by atoms with van der Waals surface area (Å²) in [6, 6.07) is 12.1. The molecule has 0 atom stereocenters. The van der Waals surface area contributed by atoms with Crippen molar-refractivity contribution in [2.75, 3.05) is 5.32 Å². The van der Waals surface area contributed by atoms with E-state index in [1.807, 2.05) is 43.3 Å². The topological polar surface area (TPSA) is 54.0 Å². The normalized spacial score (nSPS) is 15.2. The number of aromatic nitrogens is 1. The summed E-state index contributed by atoms with van der Waals surface area (Å²) in [7, 11) is 0. The minimum absolute atomic E-state index is 0.0214. The molecule has 0 bridgehead atoms. The molecule has 23 heavy (non-hydrogen) atoms. The van der Waals surface area contributed by atoms with Crippen LogP contribution >= 0.6 is 0 Å². The monoisotopic (exact) mass is 309 g/mol. The van der Waals surface area contributed by atoms with Crippen LogP contribution in [0.1, 0.15) is 48.0 Å². The van der Waals surface area contributed by atoms with Gasteiger partial charge in [0.05, 0.1) is 5.56 Å². The number of carbonyl (C=O) groups is 1. The zero-order valence-electron chi connectivity index (χ0n) is 13.5. The zero-order chi connectivity index (χ0) is 16.1. The molecule has 1 aromatic heterocycles. The summed E-state index contributed by atoms with van der Waals surface area (Å²) in [5, 5.41) is 6.39. The second kappa shape index (κ2) is 7.27. The van der Waals surface area contributed by atoms with Crippen LogP contribution in [0.15, 0.2) is 42.6 Å². The van der Waals surface area contributed by atoms with Crippen molar-refractivity contribution >= 4 is 17.4 Å². The maximum Gasteiger partial charge on any atom is 0.253 e. The minimum Gasteiger partial charge on any atom is -0.349 e. The first-order valence-electron chi connectivity index (χ1n) is 8.32. The summed E-state index contributed by atoms with van der Waals surface area (Å²) in [4.78, 5) is 16.6. The molecule has 0 radical (unpaired) electrons. The smallest absolute Gasteiger partial charge is 0.253 e. The van der Waals surface area contributed by atoms with E-state index >= 15 is 0 Å². The minimum atomic E-state index is -0.0214. The Morgan fingerprint density at radius 2 is 1.87 bits per heavy atom. The van der Waals surface area contributed by atoms with Gasteiger partial charge in [0.1, 0.15) is 5.82 Å². The first-order chi connectivity index (χ1) is 11.2. The molecule has 3 rings (SSSR count). The molecule has 1 fully saturated rings. The molecule has 0 spiro atoms. The van der Waals surface area contributed by atoms with Crippen LogP contribution in [-0.2, 0) is 0 Å². The predicted octanol–water partition coefficient (Wildman–Crippen LogP) is 4.20. The highest BCUT2D eigenvalue weighted by molar-refractivity contribution is 5.94. The molecule has 1 aliphatic rings. The first kappa shape index (κ1) is 15.5. The Kier molecular flexibility index (Phi) is 4.91. The number of pyridine rings is 1. The van der Waals surface area contributed by atoms with E-state index in [0.717, 1.165) is 29.9 Å². The van der Waals surface area contributed by atoms with Gasteiger partial charge in [0.2, 0.25) is 0 Å². The van der Waals surface area contributed by atoms with Gasteiger partial charge in [0.25, 0.3) is 5.91 Å². The second-order valence-corrected chi connectivity index (χ2v) is 6.18. The Morgan fingerprint density at radius 1 is 1.09 bits per heavy atom. The fourth-order valence-corrected chi connectivity index (χ4v) is 2.97. The van der Waals surface area contributed by atoms with Crippen molar-refractivity contribution in [1.82, 2.24) is 10.3 Å². The summed E-state index contributed by atoms with van der Waals surface area (Å²) in [5.74, 6) is 0.723. The molecule has 0 saturated heterocycles. The van der Waals surface area contributed by atoms with Crippen molar-refractivity contribution in [3.05, 3.63) is 53.7 Å². The molecule has 0 unspecified atom stereocenters. The summed E-state index contributed by atoms with van der Waals surface area (Å²) < 4.78 is 0. The largest absolute Gasteiger partial charge is 0.349 e. The van der Waals surface area contributed by atoms with E-state index in [-0.39, 0.29) is 5.91 Å². The summed E-state index contributed by atoms with van der Waals surface area (Å²) in [5.41, 5.74) is 2.80. The van der Waals surface area contributed by atoms with Crippen molar-refractivity contribution < 1.29 is 4.79 Å². The fourth-order valence-electron chi connectivity index (χ4n) is 2.97. The zero-order valence-corrected chi connectivity index (χ0v) is 13.5. The quantitative estimate of drug-likeness (QED) is 0.890. The lowest BCUT2D eigenvalue weighted by Gasteiger charge is -2.22. The van der Waals surface area contributed by atoms with Gasteiger partial charge in [-0.3, -0.25) is 4.79 Å². The lowest BCUT2D eigenvalue weighted by atomic mass is 9.95.